The SMILES string of the molecule is COCCCN(CC(=O)N1CCc2sccc2[C@H]1COc1ccccc1F)C(=O)COC. The second-order valence-corrected chi connectivity index (χ2v) is 8.49. The van der Waals surface area contributed by atoms with Crippen molar-refractivity contribution >= 4 is 23.2 Å². The third-order valence-electron chi connectivity index (χ3n) is 5.37. The van der Waals surface area contributed by atoms with Crippen LogP contribution in [0.2, 0.25) is 0 Å². The number of para-hydroxylation sites is 1. The minimum Gasteiger partial charge on any atom is -0.488 e. The van der Waals surface area contributed by atoms with Crippen LogP contribution in [0.1, 0.15) is 22.9 Å². The number of ether oxygens (including phenoxy) is 3. The zero-order chi connectivity index (χ0) is 22.9. The molecule has 0 bridgehead atoms. The summed E-state index contributed by atoms with van der Waals surface area (Å²) >= 11 is 1.64. The van der Waals surface area contributed by atoms with Crippen LogP contribution in [-0.4, -0.2) is 75.3 Å². The molecule has 9 heteroatoms. The van der Waals surface area contributed by atoms with Gasteiger partial charge in [0.25, 0.3) is 0 Å². The fourth-order valence-corrected chi connectivity index (χ4v) is 4.69. The molecule has 3 rings (SSSR count). The van der Waals surface area contributed by atoms with Gasteiger partial charge >= 0.3 is 0 Å². The number of thiophene rings is 1. The lowest BCUT2D eigenvalue weighted by Gasteiger charge is -2.37. The first-order valence-corrected chi connectivity index (χ1v) is 11.4. The van der Waals surface area contributed by atoms with E-state index in [4.69, 9.17) is 14.2 Å². The molecule has 1 aromatic carbocycles. The molecule has 0 aliphatic carbocycles. The highest BCUT2D eigenvalue weighted by Gasteiger charge is 2.33. The van der Waals surface area contributed by atoms with Crippen molar-refractivity contribution in [2.75, 3.05) is 53.7 Å². The van der Waals surface area contributed by atoms with E-state index >= 15 is 0 Å². The van der Waals surface area contributed by atoms with E-state index in [-0.39, 0.29) is 43.4 Å². The van der Waals surface area contributed by atoms with Gasteiger partial charge in [-0.05, 0) is 42.0 Å². The molecular weight excluding hydrogens is 435 g/mol. The number of amides is 2. The minimum absolute atomic E-state index is 0.0540. The topological polar surface area (TPSA) is 68.3 Å². The number of fused-ring (bicyclic) bond motifs is 1. The van der Waals surface area contributed by atoms with Crippen LogP contribution in [0.4, 0.5) is 4.39 Å². The average Bonchev–Trinajstić information content (AvgIpc) is 3.27. The second kappa shape index (κ2) is 11.9. The Hall–Kier alpha value is -2.49. The van der Waals surface area contributed by atoms with Crippen LogP contribution in [0.5, 0.6) is 5.75 Å². The van der Waals surface area contributed by atoms with Crippen LogP contribution >= 0.6 is 11.3 Å². The molecular formula is C23H29FN2O5S. The van der Waals surface area contributed by atoms with Crippen molar-refractivity contribution in [3.8, 4) is 5.75 Å². The molecule has 0 saturated carbocycles. The molecule has 1 aliphatic heterocycles. The van der Waals surface area contributed by atoms with E-state index in [1.807, 2.05) is 11.4 Å². The van der Waals surface area contributed by atoms with Crippen LogP contribution < -0.4 is 4.74 Å². The molecule has 2 heterocycles. The zero-order valence-electron chi connectivity index (χ0n) is 18.4. The Kier molecular flexibility index (Phi) is 9.01. The number of hydrogen-bond acceptors (Lipinski definition) is 6. The third kappa shape index (κ3) is 6.05. The molecule has 0 fully saturated rings. The number of hydrogen-bond donors (Lipinski definition) is 0. The molecule has 0 N–H and O–H groups in total. The minimum atomic E-state index is -0.443. The Morgan fingerprint density at radius 2 is 2.03 bits per heavy atom. The normalized spacial score (nSPS) is 15.3. The van der Waals surface area contributed by atoms with Crippen LogP contribution in [0.3, 0.4) is 0 Å². The van der Waals surface area contributed by atoms with Crippen molar-refractivity contribution in [2.24, 2.45) is 0 Å². The molecule has 7 nitrogen and oxygen atoms in total. The number of rotatable bonds is 11. The van der Waals surface area contributed by atoms with E-state index in [9.17, 15) is 14.0 Å². The van der Waals surface area contributed by atoms with E-state index in [1.165, 1.54) is 23.0 Å². The lowest BCUT2D eigenvalue weighted by atomic mass is 10.0. The molecule has 2 aromatic rings. The third-order valence-corrected chi connectivity index (χ3v) is 6.37. The highest BCUT2D eigenvalue weighted by atomic mass is 32.1. The van der Waals surface area contributed by atoms with Crippen molar-refractivity contribution in [2.45, 2.75) is 18.9 Å². The van der Waals surface area contributed by atoms with Crippen LogP contribution in [0, 0.1) is 5.82 Å². The van der Waals surface area contributed by atoms with Gasteiger partial charge in [-0.3, -0.25) is 9.59 Å². The first-order chi connectivity index (χ1) is 15.5. The van der Waals surface area contributed by atoms with E-state index in [1.54, 1.807) is 41.5 Å². The molecule has 1 aromatic heterocycles. The van der Waals surface area contributed by atoms with Crippen molar-refractivity contribution in [1.82, 2.24) is 9.80 Å². The summed E-state index contributed by atoms with van der Waals surface area (Å²) in [6.45, 7) is 1.40. The highest BCUT2D eigenvalue weighted by Crippen LogP contribution is 2.34. The number of carbonyl (C=O) groups is 2. The largest absolute Gasteiger partial charge is 0.488 e. The van der Waals surface area contributed by atoms with Gasteiger partial charge in [0.05, 0.1) is 12.6 Å². The van der Waals surface area contributed by atoms with E-state index in [0.29, 0.717) is 26.1 Å². The van der Waals surface area contributed by atoms with E-state index in [2.05, 4.69) is 0 Å². The standard InChI is InChI=1S/C23H29FN2O5S/c1-29-12-5-10-25(23(28)16-30-2)14-22(27)26-11-8-21-17(9-13-32-21)19(26)15-31-20-7-4-3-6-18(20)24/h3-4,6-7,9,13,19H,5,8,10-12,14-16H2,1-2H3/t19-/m1/s1. The van der Waals surface area contributed by atoms with Gasteiger partial charge in [-0.15, -0.1) is 11.3 Å². The molecule has 2 amide bonds. The second-order valence-electron chi connectivity index (χ2n) is 7.49. The smallest absolute Gasteiger partial charge is 0.249 e. The number of halogens is 1. The lowest BCUT2D eigenvalue weighted by molar-refractivity contribution is -0.144. The first-order valence-electron chi connectivity index (χ1n) is 10.5. The first kappa shape index (κ1) is 24.2. The fraction of sp³-hybridized carbons (Fsp3) is 0.478. The quantitative estimate of drug-likeness (QED) is 0.479. The maximum atomic E-state index is 14.0. The Balaban J connectivity index is 1.74. The van der Waals surface area contributed by atoms with Gasteiger partial charge in [0.1, 0.15) is 13.2 Å². The summed E-state index contributed by atoms with van der Waals surface area (Å²) < 4.78 is 29.9. The zero-order valence-corrected chi connectivity index (χ0v) is 19.2. The van der Waals surface area contributed by atoms with E-state index in [0.717, 1.165) is 12.0 Å². The number of carbonyl (C=O) groups excluding carboxylic acids is 2. The maximum absolute atomic E-state index is 14.0. The van der Waals surface area contributed by atoms with Crippen LogP contribution in [-0.2, 0) is 25.5 Å². The molecule has 0 unspecified atom stereocenters. The summed E-state index contributed by atoms with van der Waals surface area (Å²) in [4.78, 5) is 30.2. The van der Waals surface area contributed by atoms with Gasteiger partial charge in [0, 0.05) is 38.8 Å². The molecule has 0 spiro atoms. The summed E-state index contributed by atoms with van der Waals surface area (Å²) in [6.07, 6.45) is 1.36. The molecule has 174 valence electrons. The highest BCUT2D eigenvalue weighted by molar-refractivity contribution is 7.10. The Bertz CT molecular complexity index is 906. The van der Waals surface area contributed by atoms with Crippen molar-refractivity contribution in [1.29, 1.82) is 0 Å². The van der Waals surface area contributed by atoms with Crippen LogP contribution in [0.15, 0.2) is 35.7 Å². The number of nitrogens with zero attached hydrogens (tertiary/aromatic N) is 2. The van der Waals surface area contributed by atoms with Gasteiger partial charge < -0.3 is 24.0 Å². The van der Waals surface area contributed by atoms with Gasteiger partial charge in [-0.1, -0.05) is 12.1 Å². The summed E-state index contributed by atoms with van der Waals surface area (Å²) in [7, 11) is 3.05. The molecule has 1 aliphatic rings. The maximum Gasteiger partial charge on any atom is 0.249 e. The van der Waals surface area contributed by atoms with Crippen molar-refractivity contribution < 1.29 is 28.2 Å². The number of methoxy groups -OCH3 is 2. The Morgan fingerprint density at radius 3 is 2.78 bits per heavy atom. The Morgan fingerprint density at radius 1 is 1.22 bits per heavy atom. The summed E-state index contributed by atoms with van der Waals surface area (Å²) in [5.41, 5.74) is 1.01. The predicted octanol–water partition coefficient (Wildman–Crippen LogP) is 2.90. The molecule has 0 saturated heterocycles. The lowest BCUT2D eigenvalue weighted by Crippen LogP contribution is -2.48. The number of benzene rings is 1. The average molecular weight is 465 g/mol. The molecule has 1 atom stereocenters. The fourth-order valence-electron chi connectivity index (χ4n) is 3.77. The van der Waals surface area contributed by atoms with Crippen molar-refractivity contribution in [3.63, 3.8) is 0 Å². The van der Waals surface area contributed by atoms with Crippen molar-refractivity contribution in [3.05, 3.63) is 52.0 Å². The molecule has 0 radical (unpaired) electrons. The molecule has 32 heavy (non-hydrogen) atoms. The summed E-state index contributed by atoms with van der Waals surface area (Å²) in [6, 6.07) is 7.85. The predicted molar refractivity (Wildman–Crippen MR) is 119 cm³/mol. The van der Waals surface area contributed by atoms with Crippen LogP contribution in [0.25, 0.3) is 0 Å². The van der Waals surface area contributed by atoms with Gasteiger partial charge in [-0.25, -0.2) is 4.39 Å². The van der Waals surface area contributed by atoms with Gasteiger partial charge in [0.2, 0.25) is 11.8 Å². The summed E-state index contributed by atoms with van der Waals surface area (Å²) in [5, 5.41) is 1.99. The van der Waals surface area contributed by atoms with E-state index < -0.39 is 5.82 Å². The monoisotopic (exact) mass is 464 g/mol. The van der Waals surface area contributed by atoms with Gasteiger partial charge in [0.15, 0.2) is 11.6 Å². The summed E-state index contributed by atoms with van der Waals surface area (Å²) in [5.74, 6) is -0.713. The van der Waals surface area contributed by atoms with Gasteiger partial charge in [-0.2, -0.15) is 0 Å². The Labute approximate surface area is 191 Å².